The van der Waals surface area contributed by atoms with Gasteiger partial charge in [-0.15, -0.1) is 0 Å². The van der Waals surface area contributed by atoms with Crippen molar-refractivity contribution in [3.8, 4) is 5.69 Å². The molecule has 8 heteroatoms. The van der Waals surface area contributed by atoms with Crippen LogP contribution in [0.3, 0.4) is 0 Å². The van der Waals surface area contributed by atoms with Crippen LogP contribution in [-0.4, -0.2) is 38.7 Å². The van der Waals surface area contributed by atoms with E-state index in [2.05, 4.69) is 10.6 Å². The first-order valence-corrected chi connectivity index (χ1v) is 13.6. The molecule has 0 aliphatic heterocycles. The maximum Gasteiger partial charge on any atom is 0.328 e. The van der Waals surface area contributed by atoms with E-state index in [4.69, 9.17) is 10.2 Å². The fourth-order valence-corrected chi connectivity index (χ4v) is 5.22. The molecule has 1 aliphatic carbocycles. The summed E-state index contributed by atoms with van der Waals surface area (Å²) >= 11 is 0. The van der Waals surface area contributed by atoms with Crippen molar-refractivity contribution in [1.82, 2.24) is 15.1 Å². The summed E-state index contributed by atoms with van der Waals surface area (Å²) in [5.74, 6) is -1.33. The lowest BCUT2D eigenvalue weighted by atomic mass is 9.85. The summed E-state index contributed by atoms with van der Waals surface area (Å²) in [6.07, 6.45) is 8.45. The van der Waals surface area contributed by atoms with E-state index >= 15 is 0 Å². The molecule has 1 fully saturated rings. The predicted molar refractivity (Wildman–Crippen MR) is 156 cm³/mol. The van der Waals surface area contributed by atoms with Gasteiger partial charge in [-0.2, -0.15) is 5.10 Å². The van der Waals surface area contributed by atoms with Crippen molar-refractivity contribution in [3.05, 3.63) is 95.7 Å². The van der Waals surface area contributed by atoms with Gasteiger partial charge in [-0.05, 0) is 67.8 Å². The number of carboxylic acids is 1. The predicted octanol–water partition coefficient (Wildman–Crippen LogP) is 5.93. The smallest absolute Gasteiger partial charge is 0.328 e. The molecule has 0 bridgehead atoms. The van der Waals surface area contributed by atoms with Gasteiger partial charge in [-0.1, -0.05) is 55.7 Å². The Bertz CT molecular complexity index is 1550. The topological polar surface area (TPSA) is 113 Å². The lowest BCUT2D eigenvalue weighted by Gasteiger charge is -2.23. The van der Waals surface area contributed by atoms with Gasteiger partial charge in [0.2, 0.25) is 5.91 Å². The number of para-hydroxylation sites is 1. The molecule has 0 unspecified atom stereocenters. The number of aliphatic carboxylic acids is 1. The Morgan fingerprint density at radius 2 is 1.70 bits per heavy atom. The van der Waals surface area contributed by atoms with E-state index in [1.807, 2.05) is 41.1 Å². The second-order valence-corrected chi connectivity index (χ2v) is 10.2. The van der Waals surface area contributed by atoms with Crippen molar-refractivity contribution >= 4 is 40.4 Å². The zero-order valence-electron chi connectivity index (χ0n) is 22.3. The molecule has 1 aliphatic rings. The fourth-order valence-electron chi connectivity index (χ4n) is 5.22. The second kappa shape index (κ2) is 12.0. The molecule has 1 heterocycles. The first kappa shape index (κ1) is 26.9. The van der Waals surface area contributed by atoms with E-state index in [-0.39, 0.29) is 11.8 Å². The number of carbonyl (C=O) groups is 3. The molecule has 0 radical (unpaired) electrons. The minimum absolute atomic E-state index is 0.354. The van der Waals surface area contributed by atoms with Gasteiger partial charge in [0.15, 0.2) is 0 Å². The van der Waals surface area contributed by atoms with E-state index in [0.717, 1.165) is 35.5 Å². The van der Waals surface area contributed by atoms with Crippen LogP contribution in [0.15, 0.2) is 78.9 Å². The largest absolute Gasteiger partial charge is 0.478 e. The van der Waals surface area contributed by atoms with Gasteiger partial charge >= 0.3 is 5.97 Å². The highest BCUT2D eigenvalue weighted by atomic mass is 16.4. The van der Waals surface area contributed by atoms with Crippen LogP contribution in [-0.2, 0) is 9.59 Å². The molecule has 5 rings (SSSR count). The number of rotatable bonds is 8. The van der Waals surface area contributed by atoms with Crippen molar-refractivity contribution in [2.75, 3.05) is 5.32 Å². The van der Waals surface area contributed by atoms with Crippen LogP contribution in [0.4, 0.5) is 5.69 Å². The lowest BCUT2D eigenvalue weighted by Crippen LogP contribution is -2.41. The Morgan fingerprint density at radius 1 is 0.975 bits per heavy atom. The van der Waals surface area contributed by atoms with E-state index in [9.17, 15) is 14.4 Å². The fraction of sp³-hybridized carbons (Fsp3) is 0.250. The van der Waals surface area contributed by atoms with Gasteiger partial charge in [0, 0.05) is 28.6 Å². The summed E-state index contributed by atoms with van der Waals surface area (Å²) in [5, 5.41) is 20.3. The average Bonchev–Trinajstić information content (AvgIpc) is 3.36. The summed E-state index contributed by atoms with van der Waals surface area (Å²) in [6, 6.07) is 21.6. The van der Waals surface area contributed by atoms with E-state index < -0.39 is 12.0 Å². The maximum absolute atomic E-state index is 13.1. The molecule has 8 nitrogen and oxygen atoms in total. The number of hydrogen-bond acceptors (Lipinski definition) is 4. The number of benzene rings is 3. The molecule has 3 aromatic carbocycles. The number of hydrogen-bond donors (Lipinski definition) is 3. The van der Waals surface area contributed by atoms with Crippen molar-refractivity contribution < 1.29 is 19.5 Å². The van der Waals surface area contributed by atoms with E-state index in [1.165, 1.54) is 31.0 Å². The zero-order chi connectivity index (χ0) is 28.1. The molecule has 2 amide bonds. The van der Waals surface area contributed by atoms with Gasteiger partial charge in [0.25, 0.3) is 5.91 Å². The highest BCUT2D eigenvalue weighted by Crippen LogP contribution is 2.38. The van der Waals surface area contributed by atoms with E-state index in [0.29, 0.717) is 22.7 Å². The van der Waals surface area contributed by atoms with Crippen LogP contribution in [0.5, 0.6) is 0 Å². The molecule has 1 saturated carbocycles. The molecular weight excluding hydrogens is 504 g/mol. The summed E-state index contributed by atoms with van der Waals surface area (Å²) in [7, 11) is 0. The molecule has 1 aromatic heterocycles. The van der Waals surface area contributed by atoms with Crippen molar-refractivity contribution in [1.29, 1.82) is 0 Å². The van der Waals surface area contributed by atoms with Crippen LogP contribution >= 0.6 is 0 Å². The molecule has 3 N–H and O–H groups in total. The van der Waals surface area contributed by atoms with Gasteiger partial charge in [-0.3, -0.25) is 9.59 Å². The third-order valence-corrected chi connectivity index (χ3v) is 7.30. The lowest BCUT2D eigenvalue weighted by molar-refractivity contribution is -0.131. The molecule has 4 aromatic rings. The van der Waals surface area contributed by atoms with Gasteiger partial charge in [0.05, 0.1) is 16.9 Å². The number of amides is 2. The number of aromatic nitrogens is 2. The van der Waals surface area contributed by atoms with Crippen molar-refractivity contribution in [2.45, 2.75) is 51.0 Å². The summed E-state index contributed by atoms with van der Waals surface area (Å²) < 4.78 is 2.03. The third kappa shape index (κ3) is 6.12. The van der Waals surface area contributed by atoms with Crippen LogP contribution in [0.25, 0.3) is 22.7 Å². The van der Waals surface area contributed by atoms with Crippen molar-refractivity contribution in [3.63, 3.8) is 0 Å². The normalized spacial score (nSPS) is 14.7. The number of nitrogens with zero attached hydrogens (tertiary/aromatic N) is 2. The Balaban J connectivity index is 1.31. The number of anilines is 1. The minimum Gasteiger partial charge on any atom is -0.478 e. The molecule has 1 atom stereocenters. The number of nitrogens with one attached hydrogen (secondary N) is 2. The highest BCUT2D eigenvalue weighted by molar-refractivity contribution is 6.02. The maximum atomic E-state index is 13.1. The first-order chi connectivity index (χ1) is 19.4. The molecule has 204 valence electrons. The Kier molecular flexibility index (Phi) is 8.05. The summed E-state index contributed by atoms with van der Waals surface area (Å²) in [6.45, 7) is 1.63. The van der Waals surface area contributed by atoms with Crippen LogP contribution < -0.4 is 10.6 Å². The zero-order valence-corrected chi connectivity index (χ0v) is 22.3. The number of fused-ring (bicyclic) bond motifs is 1. The quantitative estimate of drug-likeness (QED) is 0.242. The van der Waals surface area contributed by atoms with E-state index in [1.54, 1.807) is 43.3 Å². The van der Waals surface area contributed by atoms with Crippen LogP contribution in [0.1, 0.15) is 66.6 Å². The van der Waals surface area contributed by atoms with Gasteiger partial charge < -0.3 is 15.7 Å². The Labute approximate surface area is 232 Å². The summed E-state index contributed by atoms with van der Waals surface area (Å²) in [5.41, 5.74) is 4.63. The third-order valence-electron chi connectivity index (χ3n) is 7.30. The molecule has 0 saturated heterocycles. The number of carbonyl (C=O) groups excluding carboxylic acids is 2. The molecule has 0 spiro atoms. The average molecular weight is 537 g/mol. The SMILES string of the molecule is C[C@@H](NC(=O)c1ccc2c(C3CCCCC3)n(-c3ccccc3)nc2c1)C(=O)Nc1ccc(/C=C/C(=O)O)cc1. The first-order valence-electron chi connectivity index (χ1n) is 13.6. The van der Waals surface area contributed by atoms with Gasteiger partial charge in [0.1, 0.15) is 6.04 Å². The highest BCUT2D eigenvalue weighted by Gasteiger charge is 2.25. The van der Waals surface area contributed by atoms with Gasteiger partial charge in [-0.25, -0.2) is 9.48 Å². The Hall–Kier alpha value is -4.72. The standard InChI is InChI=1S/C32H32N4O4/c1-21(31(39)34-25-16-12-22(13-17-25)14-19-29(37)38)33-32(40)24-15-18-27-28(20-24)35-36(26-10-6-3-7-11-26)30(27)23-8-4-2-5-9-23/h3,6-7,10-21,23H,2,4-5,8-9H2,1H3,(H,33,40)(H,34,39)(H,37,38)/b19-14+/t21-/m1/s1. The Morgan fingerprint density at radius 3 is 2.40 bits per heavy atom. The van der Waals surface area contributed by atoms with Crippen LogP contribution in [0.2, 0.25) is 0 Å². The van der Waals surface area contributed by atoms with Crippen LogP contribution in [0, 0.1) is 0 Å². The minimum atomic E-state index is -1.03. The van der Waals surface area contributed by atoms with Crippen molar-refractivity contribution in [2.24, 2.45) is 0 Å². The monoisotopic (exact) mass is 536 g/mol. The molecular formula is C32H32N4O4. The second-order valence-electron chi connectivity index (χ2n) is 10.2. The summed E-state index contributed by atoms with van der Waals surface area (Å²) in [4.78, 5) is 36.5. The molecule has 40 heavy (non-hydrogen) atoms. The number of carboxylic acid groups (broad SMARTS) is 1.